The highest BCUT2D eigenvalue weighted by Gasteiger charge is 2.30. The second-order valence-electron chi connectivity index (χ2n) is 7.03. The smallest absolute Gasteiger partial charge is 0.416 e. The van der Waals surface area contributed by atoms with E-state index in [0.717, 1.165) is 18.6 Å². The van der Waals surface area contributed by atoms with Crippen molar-refractivity contribution in [3.8, 4) is 17.0 Å². The summed E-state index contributed by atoms with van der Waals surface area (Å²) in [5.74, 6) is -0.304. The van der Waals surface area contributed by atoms with Crippen LogP contribution in [0.5, 0.6) is 5.75 Å². The topological polar surface area (TPSA) is 94.2 Å². The fourth-order valence-electron chi connectivity index (χ4n) is 2.81. The summed E-state index contributed by atoms with van der Waals surface area (Å²) in [6.45, 7) is 2.20. The number of hydrogen-bond donors (Lipinski definition) is 1. The van der Waals surface area contributed by atoms with E-state index in [0.29, 0.717) is 29.2 Å². The maximum atomic E-state index is 12.8. The van der Waals surface area contributed by atoms with E-state index in [2.05, 4.69) is 10.3 Å². The minimum absolute atomic E-state index is 0.0676. The van der Waals surface area contributed by atoms with Gasteiger partial charge >= 0.3 is 12.1 Å². The van der Waals surface area contributed by atoms with E-state index < -0.39 is 17.7 Å². The summed E-state index contributed by atoms with van der Waals surface area (Å²) in [4.78, 5) is 16.2. The number of benzene rings is 2. The number of carboxylic acids is 1. The van der Waals surface area contributed by atoms with Crippen molar-refractivity contribution in [3.05, 3.63) is 71.5 Å². The number of carbonyl (C=O) groups is 1. The first-order chi connectivity index (χ1) is 15.8. The summed E-state index contributed by atoms with van der Waals surface area (Å²) < 4.78 is 49.4. The minimum Gasteiger partial charge on any atom is -0.487 e. The van der Waals surface area contributed by atoms with Crippen LogP contribution in [0.2, 0.25) is 0 Å². The monoisotopic (exact) mass is 462 g/mol. The molecule has 0 bridgehead atoms. The molecule has 0 aliphatic carbocycles. The van der Waals surface area contributed by atoms with Crippen molar-refractivity contribution in [2.45, 2.75) is 25.9 Å². The van der Waals surface area contributed by atoms with Crippen molar-refractivity contribution in [1.82, 2.24) is 5.16 Å². The van der Waals surface area contributed by atoms with E-state index in [-0.39, 0.29) is 24.5 Å². The number of ether oxygens (including phenoxy) is 1. The average molecular weight is 462 g/mol. The maximum Gasteiger partial charge on any atom is 0.416 e. The summed E-state index contributed by atoms with van der Waals surface area (Å²) in [5, 5.41) is 16.9. The van der Waals surface area contributed by atoms with Crippen LogP contribution in [0.25, 0.3) is 11.3 Å². The van der Waals surface area contributed by atoms with Gasteiger partial charge in [0.2, 0.25) is 0 Å². The van der Waals surface area contributed by atoms with Crippen molar-refractivity contribution in [3.63, 3.8) is 0 Å². The number of oxime groups is 1. The fraction of sp³-hybridized carbons (Fsp3) is 0.261. The van der Waals surface area contributed by atoms with E-state index in [1.807, 2.05) is 6.92 Å². The molecule has 1 N–H and O–H groups in total. The SMILES string of the molecule is CCCO/N=C(\COc1cccc(CC(=O)O)c1)c1cc(-c2ccc(C(F)(F)F)cc2)no1. The Morgan fingerprint density at radius 3 is 2.58 bits per heavy atom. The van der Waals surface area contributed by atoms with Crippen LogP contribution in [0, 0.1) is 0 Å². The molecule has 10 heteroatoms. The van der Waals surface area contributed by atoms with E-state index >= 15 is 0 Å². The molecule has 1 heterocycles. The van der Waals surface area contributed by atoms with Crippen LogP contribution in [0.4, 0.5) is 13.2 Å². The Balaban J connectivity index is 1.77. The van der Waals surface area contributed by atoms with Gasteiger partial charge < -0.3 is 19.2 Å². The Labute approximate surface area is 187 Å². The number of hydrogen-bond acceptors (Lipinski definition) is 6. The molecule has 0 atom stereocenters. The lowest BCUT2D eigenvalue weighted by atomic mass is 10.1. The van der Waals surface area contributed by atoms with Crippen molar-refractivity contribution < 1.29 is 37.2 Å². The molecule has 174 valence electrons. The molecule has 1 aromatic heterocycles. The number of alkyl halides is 3. The average Bonchev–Trinajstić information content (AvgIpc) is 3.25. The third kappa shape index (κ3) is 6.83. The summed E-state index contributed by atoms with van der Waals surface area (Å²) in [7, 11) is 0. The number of aromatic nitrogens is 1. The zero-order valence-corrected chi connectivity index (χ0v) is 17.6. The third-order valence-corrected chi connectivity index (χ3v) is 4.40. The Bertz CT molecular complexity index is 1110. The Morgan fingerprint density at radius 2 is 1.91 bits per heavy atom. The van der Waals surface area contributed by atoms with Gasteiger partial charge in [0, 0.05) is 11.6 Å². The molecule has 33 heavy (non-hydrogen) atoms. The van der Waals surface area contributed by atoms with Gasteiger partial charge in [-0.25, -0.2) is 0 Å². The highest BCUT2D eigenvalue weighted by Crippen LogP contribution is 2.31. The Morgan fingerprint density at radius 1 is 1.15 bits per heavy atom. The summed E-state index contributed by atoms with van der Waals surface area (Å²) >= 11 is 0. The molecule has 0 unspecified atom stereocenters. The van der Waals surface area contributed by atoms with Crippen LogP contribution in [0.15, 0.2) is 64.3 Å². The molecule has 2 aromatic carbocycles. The van der Waals surface area contributed by atoms with Gasteiger partial charge in [0.1, 0.15) is 24.7 Å². The number of halogens is 3. The number of carboxylic acid groups (broad SMARTS) is 1. The Hall–Kier alpha value is -3.82. The predicted molar refractivity (Wildman–Crippen MR) is 113 cm³/mol. The lowest BCUT2D eigenvalue weighted by molar-refractivity contribution is -0.138. The van der Waals surface area contributed by atoms with Crippen molar-refractivity contribution in [2.75, 3.05) is 13.2 Å². The molecule has 0 radical (unpaired) electrons. The highest BCUT2D eigenvalue weighted by molar-refractivity contribution is 5.99. The first-order valence-corrected chi connectivity index (χ1v) is 10.0. The summed E-state index contributed by atoms with van der Waals surface area (Å²) in [6, 6.07) is 12.7. The predicted octanol–water partition coefficient (Wildman–Crippen LogP) is 5.20. The molecular weight excluding hydrogens is 441 g/mol. The van der Waals surface area contributed by atoms with Crippen LogP contribution >= 0.6 is 0 Å². The molecular formula is C23H21F3N2O5. The van der Waals surface area contributed by atoms with Crippen LogP contribution in [-0.4, -0.2) is 35.2 Å². The standard InChI is InChI=1S/C23H21F3N2O5/c1-2-10-32-27-20(14-31-18-5-3-4-15(11-18)12-22(29)30)21-13-19(28-33-21)16-6-8-17(9-7-16)23(24,25)26/h3-9,11,13H,2,10,12,14H2,1H3,(H,29,30)/b27-20+. The first-order valence-electron chi connectivity index (χ1n) is 10.0. The summed E-state index contributed by atoms with van der Waals surface area (Å²) in [5.41, 5.74) is 0.853. The van der Waals surface area contributed by atoms with Gasteiger partial charge in [-0.05, 0) is 36.2 Å². The third-order valence-electron chi connectivity index (χ3n) is 4.40. The van der Waals surface area contributed by atoms with Crippen LogP contribution < -0.4 is 4.74 Å². The van der Waals surface area contributed by atoms with Gasteiger partial charge in [-0.15, -0.1) is 0 Å². The zero-order chi connectivity index (χ0) is 23.8. The molecule has 0 saturated heterocycles. The Kier molecular flexibility index (Phi) is 7.70. The number of nitrogens with zero attached hydrogens (tertiary/aromatic N) is 2. The second-order valence-corrected chi connectivity index (χ2v) is 7.03. The molecule has 3 rings (SSSR count). The van der Waals surface area contributed by atoms with E-state index in [1.54, 1.807) is 24.3 Å². The zero-order valence-electron chi connectivity index (χ0n) is 17.6. The highest BCUT2D eigenvalue weighted by atomic mass is 19.4. The van der Waals surface area contributed by atoms with Crippen LogP contribution in [-0.2, 0) is 22.2 Å². The molecule has 0 fully saturated rings. The van der Waals surface area contributed by atoms with Gasteiger partial charge in [0.05, 0.1) is 12.0 Å². The molecule has 7 nitrogen and oxygen atoms in total. The number of aliphatic carboxylic acids is 1. The van der Waals surface area contributed by atoms with E-state index in [9.17, 15) is 18.0 Å². The lowest BCUT2D eigenvalue weighted by Crippen LogP contribution is -2.13. The van der Waals surface area contributed by atoms with Crippen LogP contribution in [0.1, 0.15) is 30.2 Å². The van der Waals surface area contributed by atoms with Gasteiger partial charge in [-0.1, -0.05) is 41.5 Å². The summed E-state index contributed by atoms with van der Waals surface area (Å²) in [6.07, 6.45) is -3.85. The van der Waals surface area contributed by atoms with Crippen LogP contribution in [0.3, 0.4) is 0 Å². The fourth-order valence-corrected chi connectivity index (χ4v) is 2.81. The number of rotatable bonds is 10. The lowest BCUT2D eigenvalue weighted by Gasteiger charge is -2.08. The normalized spacial score (nSPS) is 11.9. The van der Waals surface area contributed by atoms with Gasteiger partial charge in [0.25, 0.3) is 0 Å². The molecule has 0 spiro atoms. The first kappa shape index (κ1) is 23.8. The minimum atomic E-state index is -4.43. The molecule has 0 saturated carbocycles. The molecule has 0 amide bonds. The van der Waals surface area contributed by atoms with Crippen molar-refractivity contribution in [2.24, 2.45) is 5.16 Å². The molecule has 3 aromatic rings. The van der Waals surface area contributed by atoms with Gasteiger partial charge in [0.15, 0.2) is 11.5 Å². The van der Waals surface area contributed by atoms with Gasteiger partial charge in [-0.2, -0.15) is 13.2 Å². The molecule has 0 aliphatic heterocycles. The van der Waals surface area contributed by atoms with Gasteiger partial charge in [-0.3, -0.25) is 4.79 Å². The maximum absolute atomic E-state index is 12.8. The quantitative estimate of drug-likeness (QED) is 0.253. The van der Waals surface area contributed by atoms with Crippen molar-refractivity contribution >= 4 is 11.7 Å². The molecule has 0 aliphatic rings. The largest absolute Gasteiger partial charge is 0.487 e. The second kappa shape index (κ2) is 10.7. The van der Waals surface area contributed by atoms with Crippen molar-refractivity contribution in [1.29, 1.82) is 0 Å². The van der Waals surface area contributed by atoms with E-state index in [1.165, 1.54) is 18.2 Å². The van der Waals surface area contributed by atoms with E-state index in [4.69, 9.17) is 19.2 Å².